The molecular weight excluding hydrogens is 408 g/mol. The fraction of sp³-hybridized carbons (Fsp3) is 0.350. The van der Waals surface area contributed by atoms with Crippen LogP contribution in [-0.4, -0.2) is 47.2 Å². The molecule has 9 nitrogen and oxygen atoms in total. The molecule has 0 saturated heterocycles. The third kappa shape index (κ3) is 3.17. The molecule has 3 aromatic rings. The first-order valence-electron chi connectivity index (χ1n) is 9.66. The lowest BCUT2D eigenvalue weighted by atomic mass is 10.1. The molecule has 2 N–H and O–H groups in total. The number of carbonyl (C=O) groups is 1. The van der Waals surface area contributed by atoms with E-state index in [-0.39, 0.29) is 17.0 Å². The van der Waals surface area contributed by atoms with Crippen LogP contribution < -0.4 is 14.8 Å². The number of ether oxygens (including phenoxy) is 2. The maximum absolute atomic E-state index is 12.9. The second kappa shape index (κ2) is 6.69. The molecule has 1 saturated carbocycles. The third-order valence-corrected chi connectivity index (χ3v) is 7.23. The summed E-state index contributed by atoms with van der Waals surface area (Å²) in [6.07, 6.45) is 4.40. The first-order valence-corrected chi connectivity index (χ1v) is 11.2. The Labute approximate surface area is 172 Å². The van der Waals surface area contributed by atoms with Gasteiger partial charge in [-0.25, -0.2) is 18.4 Å². The molecule has 156 valence electrons. The summed E-state index contributed by atoms with van der Waals surface area (Å²) in [5, 5.41) is 2.98. The molecule has 1 amide bonds. The summed E-state index contributed by atoms with van der Waals surface area (Å²) in [6, 6.07) is 3.17. The minimum Gasteiger partial charge on any atom is -0.484 e. The number of sulfone groups is 1. The van der Waals surface area contributed by atoms with Crippen molar-refractivity contribution in [2.45, 2.75) is 43.1 Å². The number of hydrogen-bond acceptors (Lipinski definition) is 7. The molecule has 0 spiro atoms. The first kappa shape index (κ1) is 18.9. The van der Waals surface area contributed by atoms with Crippen LogP contribution >= 0.6 is 0 Å². The van der Waals surface area contributed by atoms with Crippen LogP contribution in [0.25, 0.3) is 22.2 Å². The average molecular weight is 428 g/mol. The number of amides is 1. The lowest BCUT2D eigenvalue weighted by Crippen LogP contribution is -2.27. The molecule has 4 heterocycles. The Kier molecular flexibility index (Phi) is 4.21. The van der Waals surface area contributed by atoms with Gasteiger partial charge in [0.1, 0.15) is 24.2 Å². The van der Waals surface area contributed by atoms with E-state index in [1.165, 1.54) is 13.0 Å². The van der Waals surface area contributed by atoms with Gasteiger partial charge in [0, 0.05) is 30.1 Å². The van der Waals surface area contributed by atoms with Crippen molar-refractivity contribution in [3.63, 3.8) is 0 Å². The zero-order valence-corrected chi connectivity index (χ0v) is 17.2. The van der Waals surface area contributed by atoms with E-state index in [1.54, 1.807) is 18.5 Å². The standard InChI is InChI=1S/C20H20N4O5S/c1-10-9-28-20-16(29-10)6-18(30(26,27)12-3-4-12)24-19(20)14-7-21-15-8-22-17(5-13(14)15)23-11(2)25/h5-8,10,12,21H,3-4,9H2,1-2H3,(H,22,23,25). The predicted octanol–water partition coefficient (Wildman–Crippen LogP) is 2.68. The quantitative estimate of drug-likeness (QED) is 0.655. The molecule has 30 heavy (non-hydrogen) atoms. The number of hydrogen-bond donors (Lipinski definition) is 2. The number of pyridine rings is 2. The summed E-state index contributed by atoms with van der Waals surface area (Å²) >= 11 is 0. The number of aromatic nitrogens is 3. The average Bonchev–Trinajstić information content (AvgIpc) is 3.48. The molecule has 0 radical (unpaired) electrons. The first-order chi connectivity index (χ1) is 14.3. The fourth-order valence-corrected chi connectivity index (χ4v) is 5.10. The monoisotopic (exact) mass is 428 g/mol. The van der Waals surface area contributed by atoms with Crippen LogP contribution in [0.4, 0.5) is 5.82 Å². The largest absolute Gasteiger partial charge is 0.484 e. The normalized spacial score (nSPS) is 18.4. The van der Waals surface area contributed by atoms with Crippen molar-refractivity contribution >= 4 is 32.5 Å². The van der Waals surface area contributed by atoms with Gasteiger partial charge < -0.3 is 19.8 Å². The Morgan fingerprint density at radius 2 is 2.10 bits per heavy atom. The third-order valence-electron chi connectivity index (χ3n) is 5.09. The van der Waals surface area contributed by atoms with E-state index in [4.69, 9.17) is 9.47 Å². The molecule has 1 aliphatic carbocycles. The van der Waals surface area contributed by atoms with Crippen LogP contribution in [0.15, 0.2) is 29.6 Å². The van der Waals surface area contributed by atoms with Gasteiger partial charge in [-0.05, 0) is 25.8 Å². The molecule has 1 atom stereocenters. The van der Waals surface area contributed by atoms with Gasteiger partial charge in [-0.3, -0.25) is 4.79 Å². The van der Waals surface area contributed by atoms with Gasteiger partial charge in [0.05, 0.1) is 17.0 Å². The van der Waals surface area contributed by atoms with Gasteiger partial charge in [0.25, 0.3) is 0 Å². The molecule has 5 rings (SSSR count). The highest BCUT2D eigenvalue weighted by Gasteiger charge is 2.39. The highest BCUT2D eigenvalue weighted by Crippen LogP contribution is 2.45. The van der Waals surface area contributed by atoms with E-state index in [0.717, 1.165) is 10.9 Å². The number of fused-ring (bicyclic) bond motifs is 2. The Hall–Kier alpha value is -3.14. The van der Waals surface area contributed by atoms with Crippen LogP contribution in [0.2, 0.25) is 0 Å². The summed E-state index contributed by atoms with van der Waals surface area (Å²) in [4.78, 5) is 23.2. The Bertz CT molecular complexity index is 1280. The Morgan fingerprint density at radius 1 is 1.30 bits per heavy atom. The summed E-state index contributed by atoms with van der Waals surface area (Å²) in [7, 11) is -3.53. The summed E-state index contributed by atoms with van der Waals surface area (Å²) in [5.41, 5.74) is 1.74. The van der Waals surface area contributed by atoms with Crippen molar-refractivity contribution < 1.29 is 22.7 Å². The minimum absolute atomic E-state index is 0.0121. The van der Waals surface area contributed by atoms with Crippen LogP contribution in [-0.2, 0) is 14.6 Å². The number of anilines is 1. The number of aromatic amines is 1. The number of rotatable bonds is 4. The summed E-state index contributed by atoms with van der Waals surface area (Å²) < 4.78 is 37.6. The maximum atomic E-state index is 12.9. The summed E-state index contributed by atoms with van der Waals surface area (Å²) in [5.74, 6) is 0.917. The van der Waals surface area contributed by atoms with Gasteiger partial charge in [0.2, 0.25) is 5.91 Å². The molecule has 0 bridgehead atoms. The maximum Gasteiger partial charge on any atom is 0.222 e. The number of H-pyrrole nitrogens is 1. The molecule has 2 aliphatic rings. The fourth-order valence-electron chi connectivity index (χ4n) is 3.51. The van der Waals surface area contributed by atoms with E-state index in [0.29, 0.717) is 48.0 Å². The van der Waals surface area contributed by atoms with Crippen molar-refractivity contribution in [2.75, 3.05) is 11.9 Å². The van der Waals surface area contributed by atoms with Crippen LogP contribution in [0.3, 0.4) is 0 Å². The van der Waals surface area contributed by atoms with Crippen molar-refractivity contribution in [1.82, 2.24) is 15.0 Å². The topological polar surface area (TPSA) is 123 Å². The molecule has 10 heteroatoms. The Balaban J connectivity index is 1.72. The molecule has 1 aliphatic heterocycles. The van der Waals surface area contributed by atoms with Gasteiger partial charge in [0.15, 0.2) is 26.4 Å². The van der Waals surface area contributed by atoms with E-state index in [2.05, 4.69) is 20.3 Å². The second-order valence-electron chi connectivity index (χ2n) is 7.62. The lowest BCUT2D eigenvalue weighted by Gasteiger charge is -2.26. The van der Waals surface area contributed by atoms with E-state index < -0.39 is 15.1 Å². The smallest absolute Gasteiger partial charge is 0.222 e. The number of carbonyl (C=O) groups excluding carboxylic acids is 1. The highest BCUT2D eigenvalue weighted by atomic mass is 32.2. The lowest BCUT2D eigenvalue weighted by molar-refractivity contribution is -0.114. The molecule has 0 aromatic carbocycles. The second-order valence-corrected chi connectivity index (χ2v) is 9.79. The van der Waals surface area contributed by atoms with Crippen molar-refractivity contribution in [1.29, 1.82) is 0 Å². The number of nitrogens with one attached hydrogen (secondary N) is 2. The highest BCUT2D eigenvalue weighted by molar-refractivity contribution is 7.92. The summed E-state index contributed by atoms with van der Waals surface area (Å²) in [6.45, 7) is 3.59. The predicted molar refractivity (Wildman–Crippen MR) is 109 cm³/mol. The number of nitrogens with zero attached hydrogens (tertiary/aromatic N) is 2. The molecule has 1 unspecified atom stereocenters. The van der Waals surface area contributed by atoms with E-state index in [1.807, 2.05) is 6.92 Å². The van der Waals surface area contributed by atoms with Gasteiger partial charge in [-0.1, -0.05) is 0 Å². The van der Waals surface area contributed by atoms with Crippen molar-refractivity contribution in [3.8, 4) is 22.8 Å². The van der Waals surface area contributed by atoms with Crippen molar-refractivity contribution in [2.24, 2.45) is 0 Å². The zero-order valence-electron chi connectivity index (χ0n) is 16.4. The van der Waals surface area contributed by atoms with E-state index >= 15 is 0 Å². The van der Waals surface area contributed by atoms with Gasteiger partial charge in [-0.2, -0.15) is 0 Å². The minimum atomic E-state index is -3.53. The van der Waals surface area contributed by atoms with Gasteiger partial charge in [-0.15, -0.1) is 0 Å². The van der Waals surface area contributed by atoms with Crippen LogP contribution in [0.5, 0.6) is 11.5 Å². The van der Waals surface area contributed by atoms with Crippen molar-refractivity contribution in [3.05, 3.63) is 24.5 Å². The van der Waals surface area contributed by atoms with Crippen LogP contribution in [0.1, 0.15) is 26.7 Å². The zero-order chi connectivity index (χ0) is 21.0. The van der Waals surface area contributed by atoms with Gasteiger partial charge >= 0.3 is 0 Å². The molecule has 3 aromatic heterocycles. The van der Waals surface area contributed by atoms with Crippen LogP contribution in [0, 0.1) is 0 Å². The SMILES string of the molecule is CC(=O)Nc1cc2c(-c3nc(S(=O)(=O)C4CC4)cc4c3OCC(C)O4)c[nH]c2cn1. The molecule has 1 fully saturated rings. The Morgan fingerprint density at radius 3 is 2.83 bits per heavy atom. The molecular formula is C20H20N4O5S. The van der Waals surface area contributed by atoms with E-state index in [9.17, 15) is 13.2 Å².